The number of hydrogen-bond acceptors (Lipinski definition) is 9. The molecule has 1 aliphatic rings. The summed E-state index contributed by atoms with van der Waals surface area (Å²) in [5.41, 5.74) is 8.36. The second-order valence-electron chi connectivity index (χ2n) is 6.37. The number of hydrogen-bond donors (Lipinski definition) is 5. The number of fused-ring (bicyclic) bond motifs is 1. The highest BCUT2D eigenvalue weighted by molar-refractivity contribution is 5.82. The van der Waals surface area contributed by atoms with Crippen molar-refractivity contribution in [3.05, 3.63) is 42.5 Å². The first-order valence-corrected chi connectivity index (χ1v) is 8.46. The zero-order valence-corrected chi connectivity index (χ0v) is 14.3. The number of aliphatic hydroxyl groups excluding tert-OH is 3. The molecule has 0 bridgehead atoms. The highest BCUT2D eigenvalue weighted by atomic mass is 16.6. The molecule has 10 heteroatoms. The van der Waals surface area contributed by atoms with Gasteiger partial charge in [0, 0.05) is 12.2 Å². The van der Waals surface area contributed by atoms with Gasteiger partial charge in [-0.1, -0.05) is 12.1 Å². The van der Waals surface area contributed by atoms with Crippen LogP contribution < -0.4 is 11.1 Å². The van der Waals surface area contributed by atoms with E-state index in [-0.39, 0.29) is 0 Å². The summed E-state index contributed by atoms with van der Waals surface area (Å²) in [6, 6.07) is 7.48. The van der Waals surface area contributed by atoms with Gasteiger partial charge >= 0.3 is 0 Å². The summed E-state index contributed by atoms with van der Waals surface area (Å²) in [5.74, 6) is 0.530. The molecule has 0 amide bonds. The third kappa shape index (κ3) is 3.19. The fourth-order valence-electron chi connectivity index (χ4n) is 3.10. The van der Waals surface area contributed by atoms with Crippen LogP contribution in [0.2, 0.25) is 0 Å². The minimum absolute atomic E-state index is 0.398. The number of nitrogens with one attached hydrogen (secondary N) is 1. The fourth-order valence-corrected chi connectivity index (χ4v) is 3.10. The lowest BCUT2D eigenvalue weighted by atomic mass is 10.1. The molecule has 2 aromatic heterocycles. The molecule has 0 saturated carbocycles. The highest BCUT2D eigenvalue weighted by Gasteiger charge is 2.44. The van der Waals surface area contributed by atoms with Crippen LogP contribution in [0.25, 0.3) is 11.2 Å². The van der Waals surface area contributed by atoms with Crippen LogP contribution in [0.1, 0.15) is 11.8 Å². The fraction of sp³-hybridized carbons (Fsp3) is 0.353. The van der Waals surface area contributed by atoms with Crippen molar-refractivity contribution in [3.8, 4) is 0 Å². The quantitative estimate of drug-likeness (QED) is 0.378. The van der Waals surface area contributed by atoms with E-state index in [0.29, 0.717) is 29.2 Å². The van der Waals surface area contributed by atoms with E-state index < -0.39 is 31.1 Å². The minimum Gasteiger partial charge on any atom is -0.399 e. The van der Waals surface area contributed by atoms with Crippen molar-refractivity contribution < 1.29 is 20.1 Å². The van der Waals surface area contributed by atoms with Crippen LogP contribution in [-0.2, 0) is 11.3 Å². The van der Waals surface area contributed by atoms with Crippen molar-refractivity contribution in [3.63, 3.8) is 0 Å². The summed E-state index contributed by atoms with van der Waals surface area (Å²) in [5, 5.41) is 32.7. The number of nitrogens with zero attached hydrogens (tertiary/aromatic N) is 4. The smallest absolute Gasteiger partial charge is 0.167 e. The Labute approximate surface area is 154 Å². The summed E-state index contributed by atoms with van der Waals surface area (Å²) < 4.78 is 7.07. The van der Waals surface area contributed by atoms with Gasteiger partial charge in [-0.25, -0.2) is 15.0 Å². The molecule has 1 aromatic carbocycles. The first-order chi connectivity index (χ1) is 13.1. The van der Waals surface area contributed by atoms with Crippen LogP contribution in [0.5, 0.6) is 0 Å². The molecule has 1 aliphatic heterocycles. The lowest BCUT2D eigenvalue weighted by Gasteiger charge is -2.16. The SMILES string of the molecule is Nc1ccc(CNc2ncnc3c2ncn3[C@@H]2O[C@H](CO)C(O)[C@@H]2O)cc1. The average molecular weight is 372 g/mol. The number of nitrogens with two attached hydrogens (primary N) is 1. The van der Waals surface area contributed by atoms with E-state index in [0.717, 1.165) is 5.56 Å². The zero-order chi connectivity index (χ0) is 19.0. The van der Waals surface area contributed by atoms with Gasteiger partial charge < -0.3 is 31.1 Å². The number of aliphatic hydroxyl groups is 3. The van der Waals surface area contributed by atoms with Gasteiger partial charge in [-0.2, -0.15) is 0 Å². The largest absolute Gasteiger partial charge is 0.399 e. The Morgan fingerprint density at radius 2 is 1.89 bits per heavy atom. The molecular formula is C17H20N6O4. The summed E-state index contributed by atoms with van der Waals surface area (Å²) in [7, 11) is 0. The van der Waals surface area contributed by atoms with Crippen molar-refractivity contribution in [2.75, 3.05) is 17.7 Å². The number of anilines is 2. The molecule has 6 N–H and O–H groups in total. The maximum absolute atomic E-state index is 10.2. The Balaban J connectivity index is 1.59. The van der Waals surface area contributed by atoms with Crippen LogP contribution in [0.4, 0.5) is 11.5 Å². The van der Waals surface area contributed by atoms with E-state index >= 15 is 0 Å². The minimum atomic E-state index is -1.21. The monoisotopic (exact) mass is 372 g/mol. The van der Waals surface area contributed by atoms with Crippen molar-refractivity contribution in [1.29, 1.82) is 0 Å². The molecule has 0 spiro atoms. The van der Waals surface area contributed by atoms with Gasteiger partial charge in [-0.3, -0.25) is 4.57 Å². The van der Waals surface area contributed by atoms with Crippen molar-refractivity contribution >= 4 is 22.7 Å². The third-order valence-electron chi connectivity index (χ3n) is 4.59. The molecule has 1 fully saturated rings. The maximum Gasteiger partial charge on any atom is 0.167 e. The first kappa shape index (κ1) is 17.6. The lowest BCUT2D eigenvalue weighted by Crippen LogP contribution is -2.33. The van der Waals surface area contributed by atoms with Crippen LogP contribution in [0.3, 0.4) is 0 Å². The summed E-state index contributed by atoms with van der Waals surface area (Å²) in [6.45, 7) is 0.123. The molecule has 3 aromatic rings. The number of ether oxygens (including phenoxy) is 1. The number of benzene rings is 1. The third-order valence-corrected chi connectivity index (χ3v) is 4.59. The number of imidazole rings is 1. The normalized spacial score (nSPS) is 25.1. The molecule has 0 aliphatic carbocycles. The predicted molar refractivity (Wildman–Crippen MR) is 96.5 cm³/mol. The van der Waals surface area contributed by atoms with Crippen molar-refractivity contribution in [1.82, 2.24) is 19.5 Å². The molecule has 4 rings (SSSR count). The Morgan fingerprint density at radius 1 is 1.11 bits per heavy atom. The Bertz CT molecular complexity index is 931. The lowest BCUT2D eigenvalue weighted by molar-refractivity contribution is -0.0511. The van der Waals surface area contributed by atoms with Crippen molar-refractivity contribution in [2.45, 2.75) is 31.1 Å². The second-order valence-corrected chi connectivity index (χ2v) is 6.37. The van der Waals surface area contributed by atoms with Gasteiger partial charge in [0.05, 0.1) is 12.9 Å². The van der Waals surface area contributed by atoms with E-state index in [1.54, 1.807) is 0 Å². The molecule has 0 radical (unpaired) electrons. The van der Waals surface area contributed by atoms with Crippen LogP contribution in [0.15, 0.2) is 36.9 Å². The van der Waals surface area contributed by atoms with Gasteiger partial charge in [0.15, 0.2) is 23.2 Å². The first-order valence-electron chi connectivity index (χ1n) is 8.46. The topological polar surface area (TPSA) is 152 Å². The molecule has 10 nitrogen and oxygen atoms in total. The van der Waals surface area contributed by atoms with E-state index in [9.17, 15) is 15.3 Å². The molecule has 27 heavy (non-hydrogen) atoms. The highest BCUT2D eigenvalue weighted by Crippen LogP contribution is 2.32. The van der Waals surface area contributed by atoms with Crippen LogP contribution >= 0.6 is 0 Å². The van der Waals surface area contributed by atoms with E-state index in [4.69, 9.17) is 10.5 Å². The molecule has 4 atom stereocenters. The Kier molecular flexibility index (Phi) is 4.62. The van der Waals surface area contributed by atoms with Gasteiger partial charge in [0.2, 0.25) is 0 Å². The average Bonchev–Trinajstić information content (AvgIpc) is 3.23. The molecule has 1 saturated heterocycles. The molecule has 142 valence electrons. The summed E-state index contributed by atoms with van der Waals surface area (Å²) >= 11 is 0. The van der Waals surface area contributed by atoms with Crippen LogP contribution in [0, 0.1) is 0 Å². The second kappa shape index (κ2) is 7.08. The number of aromatic nitrogens is 4. The molecule has 3 heterocycles. The number of nitrogen functional groups attached to an aromatic ring is 1. The number of rotatable bonds is 5. The standard InChI is InChI=1S/C17H20N6O4/c18-10-3-1-9(2-4-10)5-19-15-12-16(21-7-20-15)23(8-22-12)17-14(26)13(25)11(6-24)27-17/h1-4,7-8,11,13-14,17,24-26H,5-6,18H2,(H,19,20,21)/t11-,13?,14+,17-/m1/s1. The Morgan fingerprint density at radius 3 is 2.59 bits per heavy atom. The van der Waals surface area contributed by atoms with Gasteiger partial charge in [0.1, 0.15) is 24.6 Å². The van der Waals surface area contributed by atoms with Gasteiger partial charge in [-0.15, -0.1) is 0 Å². The predicted octanol–water partition coefficient (Wildman–Crippen LogP) is -0.368. The Hall–Kier alpha value is -2.79. The van der Waals surface area contributed by atoms with E-state index in [2.05, 4.69) is 20.3 Å². The van der Waals surface area contributed by atoms with E-state index in [1.165, 1.54) is 17.2 Å². The molecule has 1 unspecified atom stereocenters. The van der Waals surface area contributed by atoms with Gasteiger partial charge in [-0.05, 0) is 17.7 Å². The summed E-state index contributed by atoms with van der Waals surface area (Å²) in [4.78, 5) is 12.8. The van der Waals surface area contributed by atoms with Crippen LogP contribution in [-0.4, -0.2) is 59.8 Å². The maximum atomic E-state index is 10.2. The zero-order valence-electron chi connectivity index (χ0n) is 14.3. The van der Waals surface area contributed by atoms with Crippen molar-refractivity contribution in [2.24, 2.45) is 0 Å². The van der Waals surface area contributed by atoms with Gasteiger partial charge in [0.25, 0.3) is 0 Å². The van der Waals surface area contributed by atoms with E-state index in [1.807, 2.05) is 24.3 Å². The summed E-state index contributed by atoms with van der Waals surface area (Å²) in [6.07, 6.45) is -1.32. The molecular weight excluding hydrogens is 352 g/mol.